The second kappa shape index (κ2) is 10.1. The molecule has 3 rings (SSSR count). The minimum absolute atomic E-state index is 0.0652. The van der Waals surface area contributed by atoms with E-state index in [1.54, 1.807) is 24.4 Å². The van der Waals surface area contributed by atoms with Gasteiger partial charge in [0.05, 0.1) is 11.5 Å². The number of nitrogens with zero attached hydrogens (tertiary/aromatic N) is 1. The number of rotatable bonds is 7. The fourth-order valence-corrected chi connectivity index (χ4v) is 3.99. The number of anilines is 1. The third-order valence-electron chi connectivity index (χ3n) is 4.17. The van der Waals surface area contributed by atoms with E-state index in [1.807, 2.05) is 24.3 Å². The van der Waals surface area contributed by atoms with E-state index in [0.717, 1.165) is 10.0 Å². The first-order valence-electron chi connectivity index (χ1n) is 9.17. The van der Waals surface area contributed by atoms with Crippen LogP contribution in [-0.4, -0.2) is 23.4 Å². The van der Waals surface area contributed by atoms with Gasteiger partial charge in [0.1, 0.15) is 10.6 Å². The molecule has 0 aliphatic carbocycles. The van der Waals surface area contributed by atoms with Crippen LogP contribution < -0.4 is 5.32 Å². The smallest absolute Gasteiger partial charge is 0.341 e. The van der Waals surface area contributed by atoms with Crippen molar-refractivity contribution in [3.63, 3.8) is 0 Å². The van der Waals surface area contributed by atoms with Gasteiger partial charge in [0.2, 0.25) is 5.91 Å². The molecule has 7 nitrogen and oxygen atoms in total. The maximum absolute atomic E-state index is 12.6. The summed E-state index contributed by atoms with van der Waals surface area (Å²) in [6.07, 6.45) is 2.72. The highest BCUT2D eigenvalue weighted by molar-refractivity contribution is 9.10. The predicted molar refractivity (Wildman–Crippen MR) is 124 cm³/mol. The van der Waals surface area contributed by atoms with E-state index < -0.39 is 16.8 Å². The SMILES string of the molecule is CCOC(=O)c1c(-c2ccc(Br)cc2)csc1NC(=O)/C=C/c1cccc([N+](=O)[O-])c1. The number of thiophene rings is 1. The molecule has 0 unspecified atom stereocenters. The summed E-state index contributed by atoms with van der Waals surface area (Å²) in [5.74, 6) is -0.999. The Balaban J connectivity index is 1.85. The second-order valence-corrected chi connectivity index (χ2v) is 8.05. The van der Waals surface area contributed by atoms with Crippen LogP contribution in [0.2, 0.25) is 0 Å². The van der Waals surface area contributed by atoms with Gasteiger partial charge >= 0.3 is 5.97 Å². The van der Waals surface area contributed by atoms with E-state index in [2.05, 4.69) is 21.2 Å². The van der Waals surface area contributed by atoms with Gasteiger partial charge in [-0.3, -0.25) is 14.9 Å². The van der Waals surface area contributed by atoms with Gasteiger partial charge in [0, 0.05) is 33.6 Å². The first-order chi connectivity index (χ1) is 14.9. The van der Waals surface area contributed by atoms with E-state index in [-0.39, 0.29) is 17.9 Å². The van der Waals surface area contributed by atoms with Gasteiger partial charge < -0.3 is 10.1 Å². The van der Waals surface area contributed by atoms with Crippen molar-refractivity contribution in [1.29, 1.82) is 0 Å². The van der Waals surface area contributed by atoms with Crippen molar-refractivity contribution in [1.82, 2.24) is 0 Å². The van der Waals surface area contributed by atoms with Crippen LogP contribution in [0.15, 0.2) is 64.5 Å². The minimum Gasteiger partial charge on any atom is -0.462 e. The molecule has 1 N–H and O–H groups in total. The largest absolute Gasteiger partial charge is 0.462 e. The van der Waals surface area contributed by atoms with Crippen LogP contribution in [0.1, 0.15) is 22.8 Å². The molecular weight excluding hydrogens is 484 g/mol. The van der Waals surface area contributed by atoms with E-state index in [9.17, 15) is 19.7 Å². The number of ether oxygens (including phenoxy) is 1. The van der Waals surface area contributed by atoms with Crippen molar-refractivity contribution >= 4 is 55.9 Å². The number of nitrogens with one attached hydrogen (secondary N) is 1. The van der Waals surface area contributed by atoms with Gasteiger partial charge in [0.25, 0.3) is 5.69 Å². The van der Waals surface area contributed by atoms with Crippen LogP contribution in [0.5, 0.6) is 0 Å². The number of non-ortho nitro benzene ring substituents is 1. The summed E-state index contributed by atoms with van der Waals surface area (Å²) in [5.41, 5.74) is 2.21. The van der Waals surface area contributed by atoms with Crippen LogP contribution in [0, 0.1) is 10.1 Å². The topological polar surface area (TPSA) is 98.5 Å². The summed E-state index contributed by atoms with van der Waals surface area (Å²) in [4.78, 5) is 35.4. The van der Waals surface area contributed by atoms with Crippen molar-refractivity contribution in [2.75, 3.05) is 11.9 Å². The molecular formula is C22H17BrN2O5S. The third-order valence-corrected chi connectivity index (χ3v) is 5.59. The normalized spacial score (nSPS) is 10.8. The average Bonchev–Trinajstić information content (AvgIpc) is 3.16. The van der Waals surface area contributed by atoms with E-state index in [1.165, 1.54) is 35.6 Å². The number of nitro groups is 1. The highest BCUT2D eigenvalue weighted by atomic mass is 79.9. The number of amides is 1. The maximum Gasteiger partial charge on any atom is 0.341 e. The van der Waals surface area contributed by atoms with Gasteiger partial charge in [-0.2, -0.15) is 0 Å². The van der Waals surface area contributed by atoms with E-state index in [4.69, 9.17) is 4.74 Å². The summed E-state index contributed by atoms with van der Waals surface area (Å²) >= 11 is 4.60. The molecule has 0 atom stereocenters. The molecule has 9 heteroatoms. The van der Waals surface area contributed by atoms with Crippen LogP contribution >= 0.6 is 27.3 Å². The van der Waals surface area contributed by atoms with Crippen LogP contribution in [0.25, 0.3) is 17.2 Å². The number of hydrogen-bond acceptors (Lipinski definition) is 6. The molecule has 2 aromatic carbocycles. The van der Waals surface area contributed by atoms with Crippen LogP contribution in [-0.2, 0) is 9.53 Å². The predicted octanol–water partition coefficient (Wildman–Crippen LogP) is 5.91. The first-order valence-corrected chi connectivity index (χ1v) is 10.8. The Bertz CT molecular complexity index is 1150. The summed E-state index contributed by atoms with van der Waals surface area (Å²) in [6, 6.07) is 13.4. The number of benzene rings is 2. The molecule has 0 spiro atoms. The van der Waals surface area contributed by atoms with Gasteiger partial charge in [-0.05, 0) is 36.3 Å². The van der Waals surface area contributed by atoms with E-state index >= 15 is 0 Å². The number of nitro benzene ring substituents is 1. The monoisotopic (exact) mass is 500 g/mol. The second-order valence-electron chi connectivity index (χ2n) is 6.26. The average molecular weight is 501 g/mol. The molecule has 31 heavy (non-hydrogen) atoms. The van der Waals surface area contributed by atoms with Crippen LogP contribution in [0.4, 0.5) is 10.7 Å². The lowest BCUT2D eigenvalue weighted by Crippen LogP contribution is -2.12. The lowest BCUT2D eigenvalue weighted by molar-refractivity contribution is -0.384. The summed E-state index contributed by atoms with van der Waals surface area (Å²) in [5, 5.41) is 15.7. The van der Waals surface area contributed by atoms with Gasteiger partial charge in [-0.1, -0.05) is 40.2 Å². The van der Waals surface area contributed by atoms with Gasteiger partial charge in [-0.25, -0.2) is 4.79 Å². The zero-order valence-corrected chi connectivity index (χ0v) is 18.7. The Kier molecular flexibility index (Phi) is 7.32. The highest BCUT2D eigenvalue weighted by Crippen LogP contribution is 2.36. The molecule has 0 aliphatic heterocycles. The van der Waals surface area contributed by atoms with Crippen molar-refractivity contribution in [3.8, 4) is 11.1 Å². The summed E-state index contributed by atoms with van der Waals surface area (Å²) in [6.45, 7) is 1.91. The van der Waals surface area contributed by atoms with Crippen molar-refractivity contribution in [3.05, 3.63) is 85.7 Å². The fraction of sp³-hybridized carbons (Fsp3) is 0.0909. The van der Waals surface area contributed by atoms with Crippen molar-refractivity contribution < 1.29 is 19.2 Å². The first kappa shape index (κ1) is 22.4. The van der Waals surface area contributed by atoms with Gasteiger partial charge in [-0.15, -0.1) is 11.3 Å². The minimum atomic E-state index is -0.528. The molecule has 158 valence electrons. The van der Waals surface area contributed by atoms with Crippen LogP contribution in [0.3, 0.4) is 0 Å². The number of halogens is 1. The fourth-order valence-electron chi connectivity index (χ4n) is 2.77. The molecule has 1 aromatic heterocycles. The Labute approximate surface area is 190 Å². The Morgan fingerprint density at radius 3 is 2.65 bits per heavy atom. The molecule has 0 aliphatic rings. The van der Waals surface area contributed by atoms with Crippen molar-refractivity contribution in [2.45, 2.75) is 6.92 Å². The molecule has 3 aromatic rings. The Hall–Kier alpha value is -3.30. The molecule has 0 bridgehead atoms. The molecule has 0 saturated heterocycles. The highest BCUT2D eigenvalue weighted by Gasteiger charge is 2.22. The van der Waals surface area contributed by atoms with E-state index in [0.29, 0.717) is 16.1 Å². The number of carbonyl (C=O) groups is 2. The van der Waals surface area contributed by atoms with Gasteiger partial charge in [0.15, 0.2) is 0 Å². The maximum atomic E-state index is 12.6. The molecule has 1 heterocycles. The zero-order chi connectivity index (χ0) is 22.4. The summed E-state index contributed by atoms with van der Waals surface area (Å²) in [7, 11) is 0. The third kappa shape index (κ3) is 5.65. The lowest BCUT2D eigenvalue weighted by Gasteiger charge is -2.08. The lowest BCUT2D eigenvalue weighted by atomic mass is 10.0. The number of hydrogen-bond donors (Lipinski definition) is 1. The molecule has 0 saturated carbocycles. The summed E-state index contributed by atoms with van der Waals surface area (Å²) < 4.78 is 6.09. The molecule has 0 radical (unpaired) electrons. The number of carbonyl (C=O) groups excluding carboxylic acids is 2. The number of esters is 1. The Morgan fingerprint density at radius 2 is 1.97 bits per heavy atom. The standard InChI is InChI=1S/C22H17BrN2O5S/c1-2-30-22(27)20-18(15-7-9-16(23)10-8-15)13-31-21(20)24-19(26)11-6-14-4-3-5-17(12-14)25(28)29/h3-13H,2H2,1H3,(H,24,26)/b11-6+. The Morgan fingerprint density at radius 1 is 1.23 bits per heavy atom. The molecule has 1 amide bonds. The molecule has 0 fully saturated rings. The quantitative estimate of drug-likeness (QED) is 0.188. The van der Waals surface area contributed by atoms with Crippen molar-refractivity contribution in [2.24, 2.45) is 0 Å². The zero-order valence-electron chi connectivity index (χ0n) is 16.3.